The molecule has 7 unspecified atom stereocenters. The first-order chi connectivity index (χ1) is 11.1. The molecule has 1 heterocycles. The summed E-state index contributed by atoms with van der Waals surface area (Å²) >= 11 is 0. The van der Waals surface area contributed by atoms with Crippen LogP contribution in [0.25, 0.3) is 0 Å². The lowest BCUT2D eigenvalue weighted by molar-refractivity contribution is -0.0941. The third-order valence-electron chi connectivity index (χ3n) is 7.74. The van der Waals surface area contributed by atoms with Crippen molar-refractivity contribution in [1.82, 2.24) is 0 Å². The fourth-order valence-electron chi connectivity index (χ4n) is 6.19. The van der Waals surface area contributed by atoms with Crippen LogP contribution in [0.3, 0.4) is 0 Å². The molecule has 3 aliphatic carbocycles. The van der Waals surface area contributed by atoms with Gasteiger partial charge in [0.2, 0.25) is 0 Å². The molecular weight excluding hydrogens is 294 g/mol. The number of alkyl halides is 2. The van der Waals surface area contributed by atoms with Crippen molar-refractivity contribution in [3.8, 4) is 0 Å². The predicted octanol–water partition coefficient (Wildman–Crippen LogP) is 5.33. The Balaban J connectivity index is 1.46. The van der Waals surface area contributed by atoms with E-state index in [9.17, 15) is 4.39 Å². The zero-order valence-electron chi connectivity index (χ0n) is 14.6. The minimum absolute atomic E-state index is 0.0742. The Kier molecular flexibility index (Phi) is 4.45. The van der Waals surface area contributed by atoms with Gasteiger partial charge in [0, 0.05) is 0 Å². The molecule has 23 heavy (non-hydrogen) atoms. The van der Waals surface area contributed by atoms with Crippen molar-refractivity contribution in [3.63, 3.8) is 0 Å². The molecule has 1 saturated heterocycles. The van der Waals surface area contributed by atoms with E-state index in [0.29, 0.717) is 5.92 Å². The van der Waals surface area contributed by atoms with Gasteiger partial charge >= 0.3 is 0 Å². The first kappa shape index (κ1) is 16.3. The Morgan fingerprint density at radius 2 is 1.22 bits per heavy atom. The molecule has 0 bridgehead atoms. The summed E-state index contributed by atoms with van der Waals surface area (Å²) in [6.45, 7) is 4.29. The molecule has 0 amide bonds. The molecule has 8 atom stereocenters. The van der Waals surface area contributed by atoms with Crippen molar-refractivity contribution in [2.45, 2.75) is 89.8 Å². The largest absolute Gasteiger partial charge is 0.368 e. The molecule has 0 radical (unpaired) electrons. The average Bonchev–Trinajstić information content (AvgIpc) is 2.93. The van der Waals surface area contributed by atoms with E-state index in [1.54, 1.807) is 0 Å². The molecule has 4 fully saturated rings. The van der Waals surface area contributed by atoms with Gasteiger partial charge in [-0.3, -0.25) is 0 Å². The second kappa shape index (κ2) is 6.28. The molecular formula is C20H32F2O. The molecule has 132 valence electrons. The highest BCUT2D eigenvalue weighted by molar-refractivity contribution is 5.04. The molecule has 3 heteroatoms. The van der Waals surface area contributed by atoms with Gasteiger partial charge < -0.3 is 4.74 Å². The van der Waals surface area contributed by atoms with Crippen LogP contribution in [0.2, 0.25) is 0 Å². The van der Waals surface area contributed by atoms with E-state index in [-0.39, 0.29) is 35.9 Å². The molecule has 3 saturated carbocycles. The normalized spacial score (nSPS) is 56.9. The van der Waals surface area contributed by atoms with E-state index in [1.807, 2.05) is 6.92 Å². The van der Waals surface area contributed by atoms with Crippen LogP contribution in [0, 0.1) is 35.5 Å². The fourth-order valence-corrected chi connectivity index (χ4v) is 6.19. The van der Waals surface area contributed by atoms with Crippen molar-refractivity contribution in [3.05, 3.63) is 0 Å². The molecule has 0 aromatic carbocycles. The summed E-state index contributed by atoms with van der Waals surface area (Å²) in [4.78, 5) is 0. The zero-order chi connectivity index (χ0) is 16.1. The van der Waals surface area contributed by atoms with Gasteiger partial charge in [0.25, 0.3) is 0 Å². The monoisotopic (exact) mass is 326 g/mol. The van der Waals surface area contributed by atoms with Gasteiger partial charge in [-0.25, -0.2) is 8.78 Å². The summed E-state index contributed by atoms with van der Waals surface area (Å²) in [7, 11) is 0. The van der Waals surface area contributed by atoms with Crippen LogP contribution in [0.15, 0.2) is 0 Å². The summed E-state index contributed by atoms with van der Waals surface area (Å²) in [6, 6.07) is 0. The molecule has 1 nitrogen and oxygen atoms in total. The summed E-state index contributed by atoms with van der Waals surface area (Å²) in [5.74, 6) is 2.13. The number of rotatable bonds is 1. The highest BCUT2D eigenvalue weighted by Crippen LogP contribution is 2.53. The average molecular weight is 326 g/mol. The Bertz CT molecular complexity index is 420. The third-order valence-corrected chi connectivity index (χ3v) is 7.74. The van der Waals surface area contributed by atoms with Crippen molar-refractivity contribution < 1.29 is 13.5 Å². The van der Waals surface area contributed by atoms with E-state index in [2.05, 4.69) is 6.92 Å². The lowest BCUT2D eigenvalue weighted by Crippen LogP contribution is -2.43. The molecule has 1 aliphatic heterocycles. The van der Waals surface area contributed by atoms with Gasteiger partial charge in [-0.05, 0) is 74.0 Å². The third kappa shape index (κ3) is 2.75. The van der Waals surface area contributed by atoms with Crippen LogP contribution in [0.1, 0.15) is 65.2 Å². The van der Waals surface area contributed by atoms with Gasteiger partial charge in [0.15, 0.2) is 0 Å². The SMILES string of the molecule is CC1CCC([C@@H]2CCC3C4CCC(C)C(F)C4OC3C2F)CC1. The van der Waals surface area contributed by atoms with E-state index in [4.69, 9.17) is 4.74 Å². The van der Waals surface area contributed by atoms with E-state index < -0.39 is 12.3 Å². The Labute approximate surface area is 139 Å². The van der Waals surface area contributed by atoms with Crippen LogP contribution < -0.4 is 0 Å². The smallest absolute Gasteiger partial charge is 0.130 e. The highest BCUT2D eigenvalue weighted by Gasteiger charge is 2.56. The minimum atomic E-state index is -0.888. The number of hydrogen-bond acceptors (Lipinski definition) is 1. The van der Waals surface area contributed by atoms with Gasteiger partial charge in [-0.15, -0.1) is 0 Å². The van der Waals surface area contributed by atoms with Crippen LogP contribution in [0.4, 0.5) is 8.78 Å². The fraction of sp³-hybridized carbons (Fsp3) is 1.00. The number of halogens is 2. The van der Waals surface area contributed by atoms with Crippen LogP contribution in [-0.4, -0.2) is 24.6 Å². The molecule has 0 N–H and O–H groups in total. The zero-order valence-corrected chi connectivity index (χ0v) is 14.6. The molecule has 0 aromatic heterocycles. The summed E-state index contributed by atoms with van der Waals surface area (Å²) in [5.41, 5.74) is 0. The number of ether oxygens (including phenoxy) is 1. The van der Waals surface area contributed by atoms with Crippen molar-refractivity contribution in [1.29, 1.82) is 0 Å². The van der Waals surface area contributed by atoms with Crippen LogP contribution in [0.5, 0.6) is 0 Å². The first-order valence-electron chi connectivity index (χ1n) is 10.00. The molecule has 4 rings (SSSR count). The molecule has 4 aliphatic rings. The van der Waals surface area contributed by atoms with E-state index in [1.165, 1.54) is 25.7 Å². The van der Waals surface area contributed by atoms with Crippen molar-refractivity contribution >= 4 is 0 Å². The lowest BCUT2D eigenvalue weighted by Gasteiger charge is -2.42. The highest BCUT2D eigenvalue weighted by atomic mass is 19.1. The predicted molar refractivity (Wildman–Crippen MR) is 87.7 cm³/mol. The number of fused-ring (bicyclic) bond motifs is 3. The van der Waals surface area contributed by atoms with Crippen LogP contribution >= 0.6 is 0 Å². The first-order valence-corrected chi connectivity index (χ1v) is 10.00. The minimum Gasteiger partial charge on any atom is -0.368 e. The lowest BCUT2D eigenvalue weighted by atomic mass is 9.64. The maximum absolute atomic E-state index is 15.3. The van der Waals surface area contributed by atoms with Gasteiger partial charge in [-0.2, -0.15) is 0 Å². The summed E-state index contributed by atoms with van der Waals surface area (Å²) in [5, 5.41) is 0. The number of hydrogen-bond donors (Lipinski definition) is 0. The molecule has 0 spiro atoms. The Hall–Kier alpha value is -0.180. The summed E-state index contributed by atoms with van der Waals surface area (Å²) < 4.78 is 35.9. The summed E-state index contributed by atoms with van der Waals surface area (Å²) in [6.07, 6.45) is 6.51. The molecule has 0 aromatic rings. The Morgan fingerprint density at radius 1 is 0.652 bits per heavy atom. The maximum atomic E-state index is 15.3. The quantitative estimate of drug-likeness (QED) is 0.633. The van der Waals surface area contributed by atoms with Crippen molar-refractivity contribution in [2.24, 2.45) is 35.5 Å². The maximum Gasteiger partial charge on any atom is 0.130 e. The van der Waals surface area contributed by atoms with Crippen molar-refractivity contribution in [2.75, 3.05) is 0 Å². The van der Waals surface area contributed by atoms with E-state index >= 15 is 4.39 Å². The standard InChI is InChI=1S/C20H32F2O/c1-11-3-6-13(7-4-11)14-9-10-16-15-8-5-12(2)17(21)19(15)23-20(16)18(14)22/h11-20H,3-10H2,1-2H3/t11?,12?,13?,14-,15?,16?,17?,18?,19?,20?/m0/s1. The van der Waals surface area contributed by atoms with Gasteiger partial charge in [0.05, 0.1) is 12.2 Å². The van der Waals surface area contributed by atoms with E-state index in [0.717, 1.165) is 31.6 Å². The van der Waals surface area contributed by atoms with Crippen LogP contribution in [-0.2, 0) is 4.74 Å². The second-order valence-electron chi connectivity index (χ2n) is 9.10. The second-order valence-corrected chi connectivity index (χ2v) is 9.10. The Morgan fingerprint density at radius 3 is 1.91 bits per heavy atom. The van der Waals surface area contributed by atoms with Gasteiger partial charge in [-0.1, -0.05) is 26.7 Å². The topological polar surface area (TPSA) is 9.23 Å². The van der Waals surface area contributed by atoms with Gasteiger partial charge in [0.1, 0.15) is 12.3 Å².